The molecule has 3 rings (SSSR count). The molecule has 0 amide bonds. The summed E-state index contributed by atoms with van der Waals surface area (Å²) in [7, 11) is 4.88. The third kappa shape index (κ3) is 3.47. The first kappa shape index (κ1) is 17.0. The Balaban J connectivity index is 1.94. The molecule has 0 fully saturated rings. The van der Waals surface area contributed by atoms with E-state index >= 15 is 0 Å². The maximum atomic E-state index is 6.14. The molecule has 0 atom stereocenters. The van der Waals surface area contributed by atoms with Crippen molar-refractivity contribution < 1.29 is 18.9 Å². The molecule has 0 radical (unpaired) electrons. The van der Waals surface area contributed by atoms with Crippen molar-refractivity contribution in [2.45, 2.75) is 6.61 Å². The van der Waals surface area contributed by atoms with Gasteiger partial charge in [0, 0.05) is 6.54 Å². The van der Waals surface area contributed by atoms with E-state index in [2.05, 4.69) is 10.3 Å². The first-order chi connectivity index (χ1) is 12.3. The summed E-state index contributed by atoms with van der Waals surface area (Å²) in [6.45, 7) is 1.87. The molecule has 6 heteroatoms. The van der Waals surface area contributed by atoms with E-state index in [1.165, 1.54) is 0 Å². The number of nitrogens with zero attached hydrogens (tertiary/aromatic N) is 1. The smallest absolute Gasteiger partial charge is 0.172 e. The molecule has 1 heterocycles. The van der Waals surface area contributed by atoms with Crippen LogP contribution < -0.4 is 24.3 Å². The van der Waals surface area contributed by atoms with Crippen molar-refractivity contribution in [2.24, 2.45) is 4.99 Å². The van der Waals surface area contributed by atoms with Crippen molar-refractivity contribution in [1.29, 1.82) is 0 Å². The van der Waals surface area contributed by atoms with Gasteiger partial charge in [-0.15, -0.1) is 0 Å². The monoisotopic (exact) mass is 342 g/mol. The van der Waals surface area contributed by atoms with E-state index in [0.717, 1.165) is 30.1 Å². The Bertz CT molecular complexity index is 752. The molecule has 0 bridgehead atoms. The SMILES string of the molecule is COc1cccc(OC)c1COc1c(OC)cccc1C1=NCCN1. The van der Waals surface area contributed by atoms with Crippen LogP contribution in [0.5, 0.6) is 23.0 Å². The minimum atomic E-state index is 0.286. The van der Waals surface area contributed by atoms with Gasteiger partial charge in [0.2, 0.25) is 0 Å². The largest absolute Gasteiger partial charge is 0.496 e. The van der Waals surface area contributed by atoms with Gasteiger partial charge >= 0.3 is 0 Å². The number of hydrogen-bond donors (Lipinski definition) is 1. The summed E-state index contributed by atoms with van der Waals surface area (Å²) in [6.07, 6.45) is 0. The lowest BCUT2D eigenvalue weighted by Crippen LogP contribution is -2.20. The average Bonchev–Trinajstić information content (AvgIpc) is 3.20. The van der Waals surface area contributed by atoms with Crippen LogP contribution in [0.4, 0.5) is 0 Å². The Labute approximate surface area is 147 Å². The van der Waals surface area contributed by atoms with Gasteiger partial charge in [-0.3, -0.25) is 4.99 Å². The molecular formula is C19H22N2O4. The lowest BCUT2D eigenvalue weighted by Gasteiger charge is -2.17. The molecule has 0 spiro atoms. The van der Waals surface area contributed by atoms with Gasteiger partial charge in [0.1, 0.15) is 23.9 Å². The van der Waals surface area contributed by atoms with Crippen molar-refractivity contribution in [3.8, 4) is 23.0 Å². The van der Waals surface area contributed by atoms with Crippen LogP contribution >= 0.6 is 0 Å². The predicted molar refractivity (Wildman–Crippen MR) is 96.3 cm³/mol. The van der Waals surface area contributed by atoms with Crippen molar-refractivity contribution >= 4 is 5.84 Å². The lowest BCUT2D eigenvalue weighted by atomic mass is 10.1. The third-order valence-corrected chi connectivity index (χ3v) is 4.02. The van der Waals surface area contributed by atoms with Crippen LogP contribution in [0.1, 0.15) is 11.1 Å². The number of rotatable bonds is 7. The maximum absolute atomic E-state index is 6.14. The van der Waals surface area contributed by atoms with Gasteiger partial charge in [-0.2, -0.15) is 0 Å². The number of ether oxygens (including phenoxy) is 4. The number of nitrogens with one attached hydrogen (secondary N) is 1. The number of methoxy groups -OCH3 is 3. The Morgan fingerprint density at radius 3 is 2.16 bits per heavy atom. The zero-order valence-corrected chi connectivity index (χ0v) is 14.7. The van der Waals surface area contributed by atoms with Crippen molar-refractivity contribution in [3.05, 3.63) is 47.5 Å². The van der Waals surface area contributed by atoms with E-state index in [4.69, 9.17) is 18.9 Å². The van der Waals surface area contributed by atoms with E-state index in [-0.39, 0.29) is 6.61 Å². The fourth-order valence-electron chi connectivity index (χ4n) is 2.80. The number of hydrogen-bond acceptors (Lipinski definition) is 6. The van der Waals surface area contributed by atoms with E-state index < -0.39 is 0 Å². The number of amidine groups is 1. The van der Waals surface area contributed by atoms with E-state index in [0.29, 0.717) is 23.0 Å². The fourth-order valence-corrected chi connectivity index (χ4v) is 2.80. The van der Waals surface area contributed by atoms with Crippen LogP contribution in [0.25, 0.3) is 0 Å². The molecule has 0 saturated carbocycles. The molecule has 0 unspecified atom stereocenters. The van der Waals surface area contributed by atoms with Crippen LogP contribution in [0.3, 0.4) is 0 Å². The Morgan fingerprint density at radius 1 is 0.920 bits per heavy atom. The van der Waals surface area contributed by atoms with Crippen LogP contribution in [0, 0.1) is 0 Å². The standard InChI is InChI=1S/C19H22N2O4/c1-22-15-7-5-8-16(23-2)14(15)12-25-18-13(19-20-10-11-21-19)6-4-9-17(18)24-3/h4-9H,10-12H2,1-3H3,(H,20,21). The molecule has 6 nitrogen and oxygen atoms in total. The molecule has 0 aromatic heterocycles. The molecule has 1 N–H and O–H groups in total. The molecule has 25 heavy (non-hydrogen) atoms. The summed E-state index contributed by atoms with van der Waals surface area (Å²) in [5, 5.41) is 3.27. The average molecular weight is 342 g/mol. The summed E-state index contributed by atoms with van der Waals surface area (Å²) < 4.78 is 22.5. The highest BCUT2D eigenvalue weighted by Gasteiger charge is 2.19. The molecule has 132 valence electrons. The summed E-state index contributed by atoms with van der Waals surface area (Å²) in [5.41, 5.74) is 1.72. The molecule has 1 aliphatic rings. The van der Waals surface area contributed by atoms with E-state index in [1.807, 2.05) is 36.4 Å². The van der Waals surface area contributed by atoms with Gasteiger partial charge in [-0.25, -0.2) is 0 Å². The Hall–Kier alpha value is -2.89. The zero-order valence-electron chi connectivity index (χ0n) is 14.7. The van der Waals surface area contributed by atoms with Crippen LogP contribution in [0.2, 0.25) is 0 Å². The third-order valence-electron chi connectivity index (χ3n) is 4.02. The van der Waals surface area contributed by atoms with Gasteiger partial charge in [-0.05, 0) is 24.3 Å². The minimum Gasteiger partial charge on any atom is -0.496 e. The normalized spacial score (nSPS) is 13.0. The molecule has 0 aliphatic carbocycles. The Kier molecular flexibility index (Phi) is 5.28. The highest BCUT2D eigenvalue weighted by molar-refractivity contribution is 6.02. The molecular weight excluding hydrogens is 320 g/mol. The summed E-state index contributed by atoms with van der Waals surface area (Å²) >= 11 is 0. The second-order valence-electron chi connectivity index (χ2n) is 5.42. The Morgan fingerprint density at radius 2 is 1.56 bits per heavy atom. The van der Waals surface area contributed by atoms with Crippen molar-refractivity contribution in [3.63, 3.8) is 0 Å². The molecule has 2 aromatic carbocycles. The van der Waals surface area contributed by atoms with Crippen LogP contribution in [-0.4, -0.2) is 40.3 Å². The predicted octanol–water partition coefficient (Wildman–Crippen LogP) is 2.64. The summed E-state index contributed by atoms with van der Waals surface area (Å²) in [6, 6.07) is 11.4. The van der Waals surface area contributed by atoms with Gasteiger partial charge < -0.3 is 24.3 Å². The van der Waals surface area contributed by atoms with Gasteiger partial charge in [0.05, 0.1) is 39.0 Å². The molecule has 1 aliphatic heterocycles. The molecule has 2 aromatic rings. The van der Waals surface area contributed by atoms with Crippen molar-refractivity contribution in [1.82, 2.24) is 5.32 Å². The maximum Gasteiger partial charge on any atom is 0.172 e. The number of aliphatic imine (C=N–C) groups is 1. The van der Waals surface area contributed by atoms with Gasteiger partial charge in [0.15, 0.2) is 11.5 Å². The minimum absolute atomic E-state index is 0.286. The summed E-state index contributed by atoms with van der Waals surface area (Å²) in [5.74, 6) is 3.55. The summed E-state index contributed by atoms with van der Waals surface area (Å²) in [4.78, 5) is 4.49. The van der Waals surface area contributed by atoms with E-state index in [9.17, 15) is 0 Å². The topological polar surface area (TPSA) is 61.3 Å². The first-order valence-electron chi connectivity index (χ1n) is 8.06. The quantitative estimate of drug-likeness (QED) is 0.838. The second-order valence-corrected chi connectivity index (χ2v) is 5.42. The number of benzene rings is 2. The second kappa shape index (κ2) is 7.79. The highest BCUT2D eigenvalue weighted by atomic mass is 16.5. The van der Waals surface area contributed by atoms with Gasteiger partial charge in [-0.1, -0.05) is 12.1 Å². The highest BCUT2D eigenvalue weighted by Crippen LogP contribution is 2.35. The lowest BCUT2D eigenvalue weighted by molar-refractivity contribution is 0.270. The van der Waals surface area contributed by atoms with Gasteiger partial charge in [0.25, 0.3) is 0 Å². The van der Waals surface area contributed by atoms with Crippen LogP contribution in [-0.2, 0) is 6.61 Å². The number of para-hydroxylation sites is 1. The zero-order chi connectivity index (χ0) is 17.6. The first-order valence-corrected chi connectivity index (χ1v) is 8.06. The molecule has 0 saturated heterocycles. The van der Waals surface area contributed by atoms with E-state index in [1.54, 1.807) is 21.3 Å². The van der Waals surface area contributed by atoms with Crippen molar-refractivity contribution in [2.75, 3.05) is 34.4 Å². The van der Waals surface area contributed by atoms with Crippen LogP contribution in [0.15, 0.2) is 41.4 Å². The fraction of sp³-hybridized carbons (Fsp3) is 0.316.